The standard InChI is InChI=1S/C16H14BrN3O/c1-10-5-6-13(18)9-14(10)16-19-15(20-21-16)8-11-3-2-4-12(17)7-11/h2-7,9H,8,18H2,1H3. The number of nitrogen functional groups attached to an aromatic ring is 1. The van der Waals surface area contributed by atoms with E-state index < -0.39 is 0 Å². The molecule has 4 nitrogen and oxygen atoms in total. The van der Waals surface area contributed by atoms with Crippen LogP contribution in [0, 0.1) is 6.92 Å². The Morgan fingerprint density at radius 1 is 1.19 bits per heavy atom. The smallest absolute Gasteiger partial charge is 0.258 e. The van der Waals surface area contributed by atoms with Crippen LogP contribution in [0.1, 0.15) is 17.0 Å². The van der Waals surface area contributed by atoms with Crippen molar-refractivity contribution in [3.8, 4) is 11.5 Å². The number of benzene rings is 2. The molecule has 0 aliphatic rings. The molecule has 0 radical (unpaired) electrons. The molecule has 0 saturated heterocycles. The third-order valence-electron chi connectivity index (χ3n) is 3.21. The first-order valence-corrected chi connectivity index (χ1v) is 7.34. The number of aryl methyl sites for hydroxylation is 1. The van der Waals surface area contributed by atoms with E-state index >= 15 is 0 Å². The Kier molecular flexibility index (Phi) is 3.75. The van der Waals surface area contributed by atoms with Gasteiger partial charge in [0.25, 0.3) is 5.89 Å². The van der Waals surface area contributed by atoms with Gasteiger partial charge in [-0.25, -0.2) is 0 Å². The predicted molar refractivity (Wildman–Crippen MR) is 85.8 cm³/mol. The number of halogens is 1. The summed E-state index contributed by atoms with van der Waals surface area (Å²) >= 11 is 3.46. The highest BCUT2D eigenvalue weighted by molar-refractivity contribution is 9.10. The van der Waals surface area contributed by atoms with Crippen molar-refractivity contribution in [1.29, 1.82) is 0 Å². The number of anilines is 1. The van der Waals surface area contributed by atoms with Gasteiger partial charge in [0.15, 0.2) is 5.82 Å². The van der Waals surface area contributed by atoms with Gasteiger partial charge in [-0.05, 0) is 42.3 Å². The van der Waals surface area contributed by atoms with E-state index in [4.69, 9.17) is 10.3 Å². The summed E-state index contributed by atoms with van der Waals surface area (Å²) in [5, 5.41) is 4.05. The summed E-state index contributed by atoms with van der Waals surface area (Å²) in [5.41, 5.74) is 9.56. The molecule has 21 heavy (non-hydrogen) atoms. The summed E-state index contributed by atoms with van der Waals surface area (Å²) in [6.07, 6.45) is 0.629. The van der Waals surface area contributed by atoms with Crippen molar-refractivity contribution >= 4 is 21.6 Å². The van der Waals surface area contributed by atoms with Crippen LogP contribution in [-0.4, -0.2) is 10.1 Å². The number of nitrogens with two attached hydrogens (primary N) is 1. The van der Waals surface area contributed by atoms with E-state index in [2.05, 4.69) is 26.1 Å². The molecule has 2 aromatic carbocycles. The third kappa shape index (κ3) is 3.13. The Morgan fingerprint density at radius 2 is 2.05 bits per heavy atom. The first-order chi connectivity index (χ1) is 10.1. The molecule has 0 spiro atoms. The van der Waals surface area contributed by atoms with Gasteiger partial charge in [0.1, 0.15) is 0 Å². The predicted octanol–water partition coefficient (Wildman–Crippen LogP) is 3.98. The average molecular weight is 344 g/mol. The van der Waals surface area contributed by atoms with Gasteiger partial charge in [-0.15, -0.1) is 0 Å². The largest absolute Gasteiger partial charge is 0.399 e. The Morgan fingerprint density at radius 3 is 2.86 bits per heavy atom. The molecule has 0 unspecified atom stereocenters. The second kappa shape index (κ2) is 5.69. The van der Waals surface area contributed by atoms with E-state index in [1.165, 1.54) is 0 Å². The minimum Gasteiger partial charge on any atom is -0.399 e. The molecule has 0 aliphatic heterocycles. The van der Waals surface area contributed by atoms with Gasteiger partial charge in [-0.1, -0.05) is 39.3 Å². The Balaban J connectivity index is 1.88. The highest BCUT2D eigenvalue weighted by Gasteiger charge is 2.12. The lowest BCUT2D eigenvalue weighted by Crippen LogP contribution is -1.92. The van der Waals surface area contributed by atoms with Crippen molar-refractivity contribution in [3.63, 3.8) is 0 Å². The summed E-state index contributed by atoms with van der Waals surface area (Å²) in [5.74, 6) is 1.16. The van der Waals surface area contributed by atoms with Crippen LogP contribution >= 0.6 is 15.9 Å². The zero-order valence-electron chi connectivity index (χ0n) is 11.5. The molecule has 2 N–H and O–H groups in total. The number of nitrogens with zero attached hydrogens (tertiary/aromatic N) is 2. The molecule has 106 valence electrons. The number of aromatic nitrogens is 2. The van der Waals surface area contributed by atoms with E-state index in [1.807, 2.05) is 49.4 Å². The lowest BCUT2D eigenvalue weighted by Gasteiger charge is -2.01. The van der Waals surface area contributed by atoms with Gasteiger partial charge in [0.05, 0.1) is 0 Å². The van der Waals surface area contributed by atoms with Crippen LogP contribution in [0.3, 0.4) is 0 Å². The van der Waals surface area contributed by atoms with E-state index in [9.17, 15) is 0 Å². The van der Waals surface area contributed by atoms with Crippen molar-refractivity contribution in [1.82, 2.24) is 10.1 Å². The highest BCUT2D eigenvalue weighted by Crippen LogP contribution is 2.24. The topological polar surface area (TPSA) is 64.9 Å². The van der Waals surface area contributed by atoms with Gasteiger partial charge in [0.2, 0.25) is 0 Å². The maximum Gasteiger partial charge on any atom is 0.258 e. The van der Waals surface area contributed by atoms with Crippen LogP contribution in [0.25, 0.3) is 11.5 Å². The molecule has 0 amide bonds. The van der Waals surface area contributed by atoms with E-state index in [-0.39, 0.29) is 0 Å². The lowest BCUT2D eigenvalue weighted by molar-refractivity contribution is 0.423. The van der Waals surface area contributed by atoms with Crippen LogP contribution in [0.5, 0.6) is 0 Å². The van der Waals surface area contributed by atoms with Crippen molar-refractivity contribution in [3.05, 3.63) is 63.9 Å². The molecule has 0 bridgehead atoms. The second-order valence-electron chi connectivity index (χ2n) is 4.90. The summed E-state index contributed by atoms with van der Waals surface area (Å²) in [6, 6.07) is 13.7. The van der Waals surface area contributed by atoms with Gasteiger partial charge >= 0.3 is 0 Å². The van der Waals surface area contributed by atoms with Gasteiger partial charge < -0.3 is 10.3 Å². The zero-order chi connectivity index (χ0) is 14.8. The van der Waals surface area contributed by atoms with Crippen LogP contribution in [0.2, 0.25) is 0 Å². The summed E-state index contributed by atoms with van der Waals surface area (Å²) in [6.45, 7) is 1.99. The maximum absolute atomic E-state index is 5.82. The number of rotatable bonds is 3. The fourth-order valence-corrected chi connectivity index (χ4v) is 2.58. The van der Waals surface area contributed by atoms with Gasteiger partial charge in [0, 0.05) is 22.1 Å². The molecule has 0 aliphatic carbocycles. The van der Waals surface area contributed by atoms with Crippen molar-refractivity contribution in [2.24, 2.45) is 0 Å². The van der Waals surface area contributed by atoms with Crippen LogP contribution < -0.4 is 5.73 Å². The zero-order valence-corrected chi connectivity index (χ0v) is 13.1. The Hall–Kier alpha value is -2.14. The van der Waals surface area contributed by atoms with Gasteiger partial charge in [-0.3, -0.25) is 0 Å². The molecule has 0 saturated carbocycles. The monoisotopic (exact) mass is 343 g/mol. The highest BCUT2D eigenvalue weighted by atomic mass is 79.9. The van der Waals surface area contributed by atoms with Crippen molar-refractivity contribution in [2.75, 3.05) is 5.73 Å². The molecule has 3 aromatic rings. The van der Waals surface area contributed by atoms with Crippen LogP contribution in [-0.2, 0) is 6.42 Å². The lowest BCUT2D eigenvalue weighted by atomic mass is 10.1. The third-order valence-corrected chi connectivity index (χ3v) is 3.70. The molecule has 1 aromatic heterocycles. The minimum atomic E-state index is 0.504. The van der Waals surface area contributed by atoms with Crippen LogP contribution in [0.4, 0.5) is 5.69 Å². The second-order valence-corrected chi connectivity index (χ2v) is 5.81. The minimum absolute atomic E-state index is 0.504. The van der Waals surface area contributed by atoms with E-state index in [1.54, 1.807) is 0 Å². The quantitative estimate of drug-likeness (QED) is 0.730. The van der Waals surface area contributed by atoms with Crippen LogP contribution in [0.15, 0.2) is 51.5 Å². The first-order valence-electron chi connectivity index (χ1n) is 6.55. The van der Waals surface area contributed by atoms with Gasteiger partial charge in [-0.2, -0.15) is 4.98 Å². The molecule has 5 heteroatoms. The Bertz CT molecular complexity index is 783. The molecule has 0 fully saturated rings. The summed E-state index contributed by atoms with van der Waals surface area (Å²) in [4.78, 5) is 4.46. The average Bonchev–Trinajstić information content (AvgIpc) is 2.90. The molecule has 0 atom stereocenters. The fourth-order valence-electron chi connectivity index (χ4n) is 2.13. The number of hydrogen-bond acceptors (Lipinski definition) is 4. The van der Waals surface area contributed by atoms with E-state index in [0.717, 1.165) is 21.2 Å². The molecular weight excluding hydrogens is 330 g/mol. The number of hydrogen-bond donors (Lipinski definition) is 1. The fraction of sp³-hybridized carbons (Fsp3) is 0.125. The SMILES string of the molecule is Cc1ccc(N)cc1-c1nc(Cc2cccc(Br)c2)no1. The molecule has 1 heterocycles. The molecule has 3 rings (SSSR count). The van der Waals surface area contributed by atoms with Crippen molar-refractivity contribution < 1.29 is 4.52 Å². The first kappa shape index (κ1) is 13.8. The summed E-state index contributed by atoms with van der Waals surface area (Å²) in [7, 11) is 0. The normalized spacial score (nSPS) is 10.8. The maximum atomic E-state index is 5.82. The summed E-state index contributed by atoms with van der Waals surface area (Å²) < 4.78 is 6.40. The molecular formula is C16H14BrN3O. The Labute approximate surface area is 131 Å². The van der Waals surface area contributed by atoms with Crippen molar-refractivity contribution in [2.45, 2.75) is 13.3 Å². The van der Waals surface area contributed by atoms with E-state index in [0.29, 0.717) is 23.8 Å².